The van der Waals surface area contributed by atoms with Crippen LogP contribution in [0.1, 0.15) is 95.0 Å². The molecule has 0 spiro atoms. The van der Waals surface area contributed by atoms with Crippen molar-refractivity contribution in [2.75, 3.05) is 0 Å². The summed E-state index contributed by atoms with van der Waals surface area (Å²) in [4.78, 5) is 16.5. The summed E-state index contributed by atoms with van der Waals surface area (Å²) < 4.78 is 6.36. The fourth-order valence-corrected chi connectivity index (χ4v) is 6.04. The van der Waals surface area contributed by atoms with Crippen LogP contribution in [-0.2, 0) is 30.3 Å². The molecule has 0 atom stereocenters. The molecule has 0 fully saturated rings. The van der Waals surface area contributed by atoms with Crippen LogP contribution >= 0.6 is 0 Å². The maximum atomic E-state index is 11.7. The summed E-state index contributed by atoms with van der Waals surface area (Å²) in [5, 5.41) is 12.2. The standard InChI is InChI=1S/C23H20NO.C13H24O2.Ir/c1-12-10-17-20(24-11-12)15-8-6-13(2)21-18(15)19-16(23(17,4)5)9-7-14(3)22(19)25-21;1-5-10(6-2)12(14)9-13(15)11(7-3)8-4;/h6-7,9-11H,1-5H3;9-11,14H,5-8H2,1-4H3;/q-1;;/b;12-9-;. The number of aliphatic hydroxyl groups is 1. The molecule has 2 heterocycles. The smallest absolute Gasteiger partial charge is 0.162 e. The largest absolute Gasteiger partial charge is 0.512 e. The van der Waals surface area contributed by atoms with Gasteiger partial charge in [-0.25, -0.2) is 0 Å². The summed E-state index contributed by atoms with van der Waals surface area (Å²) in [6.45, 7) is 19.0. The summed E-state index contributed by atoms with van der Waals surface area (Å²) in [6, 6.07) is 12.2. The Morgan fingerprint density at radius 2 is 1.56 bits per heavy atom. The van der Waals surface area contributed by atoms with Crippen molar-refractivity contribution < 1.29 is 34.4 Å². The van der Waals surface area contributed by atoms with E-state index in [0.29, 0.717) is 0 Å². The number of aromatic nitrogens is 1. The third-order valence-electron chi connectivity index (χ3n) is 8.77. The molecule has 0 unspecified atom stereocenters. The van der Waals surface area contributed by atoms with Crippen LogP contribution in [0.5, 0.6) is 0 Å². The number of ketones is 1. The summed E-state index contributed by atoms with van der Waals surface area (Å²) in [6.07, 6.45) is 6.86. The van der Waals surface area contributed by atoms with Crippen molar-refractivity contribution in [1.82, 2.24) is 4.98 Å². The van der Waals surface area contributed by atoms with Crippen molar-refractivity contribution in [3.05, 3.63) is 76.2 Å². The second-order valence-electron chi connectivity index (χ2n) is 11.8. The Kier molecular flexibility index (Phi) is 10.4. The van der Waals surface area contributed by atoms with E-state index in [4.69, 9.17) is 9.40 Å². The molecule has 4 aromatic rings. The quantitative estimate of drug-likeness (QED) is 0.117. The first-order valence-corrected chi connectivity index (χ1v) is 14.8. The third kappa shape index (κ3) is 5.94. The van der Waals surface area contributed by atoms with Gasteiger partial charge in [0.25, 0.3) is 0 Å². The summed E-state index contributed by atoms with van der Waals surface area (Å²) >= 11 is 0. The number of carbonyl (C=O) groups excluding carboxylic acids is 1. The Hall–Kier alpha value is -2.75. The molecule has 0 amide bonds. The summed E-state index contributed by atoms with van der Waals surface area (Å²) in [7, 11) is 0. The number of nitrogens with zero attached hydrogens (tertiary/aromatic N) is 1. The Morgan fingerprint density at radius 3 is 2.17 bits per heavy atom. The van der Waals surface area contributed by atoms with Gasteiger partial charge in [0.2, 0.25) is 0 Å². The van der Waals surface area contributed by atoms with Crippen LogP contribution in [0.4, 0.5) is 0 Å². The summed E-state index contributed by atoms with van der Waals surface area (Å²) in [5.41, 5.74) is 9.93. The maximum Gasteiger partial charge on any atom is 0.162 e. The first-order valence-electron chi connectivity index (χ1n) is 14.8. The number of hydrogen-bond donors (Lipinski definition) is 1. The normalized spacial score (nSPS) is 13.7. The molecule has 5 heteroatoms. The van der Waals surface area contributed by atoms with Crippen LogP contribution in [-0.4, -0.2) is 15.9 Å². The van der Waals surface area contributed by atoms with E-state index < -0.39 is 0 Å². The van der Waals surface area contributed by atoms with Crippen molar-refractivity contribution in [2.24, 2.45) is 11.8 Å². The Labute approximate surface area is 259 Å². The maximum absolute atomic E-state index is 11.7. The molecule has 1 N–H and O–H groups in total. The van der Waals surface area contributed by atoms with E-state index in [9.17, 15) is 9.90 Å². The van der Waals surface area contributed by atoms with E-state index in [1.54, 1.807) is 0 Å². The fourth-order valence-electron chi connectivity index (χ4n) is 6.04. The molecule has 0 aliphatic heterocycles. The fraction of sp³-hybridized carbons (Fsp3) is 0.444. The molecule has 221 valence electrons. The number of aliphatic hydroxyl groups excluding tert-OH is 1. The van der Waals surface area contributed by atoms with Gasteiger partial charge in [-0.3, -0.25) is 4.79 Å². The van der Waals surface area contributed by atoms with Crippen molar-refractivity contribution >= 4 is 27.7 Å². The predicted octanol–water partition coefficient (Wildman–Crippen LogP) is 9.88. The molecule has 1 aliphatic rings. The molecule has 4 nitrogen and oxygen atoms in total. The van der Waals surface area contributed by atoms with E-state index in [-0.39, 0.29) is 48.9 Å². The number of allylic oxidation sites excluding steroid dienone is 2. The number of aryl methyl sites for hydroxylation is 3. The van der Waals surface area contributed by atoms with E-state index >= 15 is 0 Å². The van der Waals surface area contributed by atoms with Crippen LogP contribution in [0.15, 0.2) is 46.7 Å². The SMILES string of the molecule is CCC(CC)C(=O)/C=C(\O)C(CC)CC.Cc1cnc2c(c1)C(C)(C)c1ccc(C)c3oc4c(C)c[c-]c-2c4c13.[Ir]. The molecule has 0 saturated heterocycles. The molecular weight excluding hydrogens is 687 g/mol. The zero-order valence-electron chi connectivity index (χ0n) is 26.0. The number of fused-ring (bicyclic) bond motifs is 2. The van der Waals surface area contributed by atoms with Crippen molar-refractivity contribution in [1.29, 1.82) is 0 Å². The van der Waals surface area contributed by atoms with Crippen LogP contribution in [0.3, 0.4) is 0 Å². The predicted molar refractivity (Wildman–Crippen MR) is 166 cm³/mol. The zero-order valence-corrected chi connectivity index (χ0v) is 28.4. The molecule has 41 heavy (non-hydrogen) atoms. The van der Waals surface area contributed by atoms with Crippen molar-refractivity contribution in [2.45, 2.75) is 93.4 Å². The Morgan fingerprint density at radius 1 is 0.951 bits per heavy atom. The Balaban J connectivity index is 0.000000253. The van der Waals surface area contributed by atoms with Crippen molar-refractivity contribution in [3.8, 4) is 11.3 Å². The molecule has 0 bridgehead atoms. The number of hydrogen-bond acceptors (Lipinski definition) is 4. The average Bonchev–Trinajstić information content (AvgIpc) is 3.30. The second kappa shape index (κ2) is 13.0. The average molecular weight is 731 g/mol. The van der Waals surface area contributed by atoms with Gasteiger partial charge in [-0.15, -0.1) is 17.7 Å². The Bertz CT molecular complexity index is 1590. The molecule has 1 aliphatic carbocycles. The minimum atomic E-state index is -0.155. The topological polar surface area (TPSA) is 63.3 Å². The monoisotopic (exact) mass is 731 g/mol. The molecule has 5 rings (SSSR count). The van der Waals surface area contributed by atoms with Gasteiger partial charge in [-0.05, 0) is 67.3 Å². The molecule has 0 saturated carbocycles. The van der Waals surface area contributed by atoms with E-state index in [1.807, 2.05) is 40.0 Å². The van der Waals surface area contributed by atoms with Crippen LogP contribution in [0.2, 0.25) is 0 Å². The minimum absolute atomic E-state index is 0. The molecule has 2 aromatic heterocycles. The number of pyridine rings is 1. The zero-order chi connectivity index (χ0) is 29.4. The first-order chi connectivity index (χ1) is 19.0. The van der Waals surface area contributed by atoms with Gasteiger partial charge >= 0.3 is 0 Å². The van der Waals surface area contributed by atoms with E-state index in [2.05, 4.69) is 58.9 Å². The number of rotatable bonds is 7. The van der Waals surface area contributed by atoms with Gasteiger partial charge < -0.3 is 14.5 Å². The van der Waals surface area contributed by atoms with Crippen LogP contribution in [0, 0.1) is 38.7 Å². The van der Waals surface area contributed by atoms with Gasteiger partial charge in [0.1, 0.15) is 5.58 Å². The van der Waals surface area contributed by atoms with E-state index in [1.165, 1.54) is 33.7 Å². The van der Waals surface area contributed by atoms with Gasteiger partial charge in [0, 0.05) is 49.6 Å². The van der Waals surface area contributed by atoms with E-state index in [0.717, 1.165) is 59.1 Å². The molecular formula is C36H44IrNO3-. The number of carbonyl (C=O) groups is 1. The van der Waals surface area contributed by atoms with Gasteiger partial charge in [-0.2, -0.15) is 0 Å². The number of furan rings is 1. The molecule has 1 radical (unpaired) electrons. The van der Waals surface area contributed by atoms with Crippen molar-refractivity contribution in [3.63, 3.8) is 0 Å². The first kappa shape index (κ1) is 32.8. The third-order valence-corrected chi connectivity index (χ3v) is 8.77. The van der Waals surface area contributed by atoms with Gasteiger partial charge in [-0.1, -0.05) is 83.2 Å². The van der Waals surface area contributed by atoms with Gasteiger partial charge in [0.15, 0.2) is 5.78 Å². The number of benzene rings is 2. The minimum Gasteiger partial charge on any atom is -0.512 e. The molecule has 2 aromatic carbocycles. The summed E-state index contributed by atoms with van der Waals surface area (Å²) in [5.74, 6) is 0.547. The van der Waals surface area contributed by atoms with Crippen LogP contribution in [0.25, 0.3) is 33.2 Å². The van der Waals surface area contributed by atoms with Crippen LogP contribution < -0.4 is 0 Å². The van der Waals surface area contributed by atoms with Gasteiger partial charge in [0.05, 0.1) is 11.3 Å². The second-order valence-corrected chi connectivity index (χ2v) is 11.8.